The first-order chi connectivity index (χ1) is 26.0. The summed E-state index contributed by atoms with van der Waals surface area (Å²) in [4.78, 5) is 66.3. The molecule has 2 heterocycles. The minimum absolute atomic E-state index is 0.0422. The number of hydrogen-bond donors (Lipinski definition) is 4. The minimum Gasteiger partial charge on any atom is -0.445 e. The second-order valence-corrected chi connectivity index (χ2v) is 13.4. The number of ether oxygens (including phenoxy) is 3. The number of carbonyl (C=O) groups is 4. The first-order valence-corrected chi connectivity index (χ1v) is 18.0. The molecule has 14 nitrogen and oxygen atoms in total. The Bertz CT molecular complexity index is 1940. The molecule has 5 rings (SSSR count). The van der Waals surface area contributed by atoms with Crippen LogP contribution in [0.3, 0.4) is 0 Å². The van der Waals surface area contributed by atoms with Crippen molar-refractivity contribution in [3.63, 3.8) is 0 Å². The molecule has 286 valence electrons. The van der Waals surface area contributed by atoms with Crippen molar-refractivity contribution in [2.45, 2.75) is 58.9 Å². The molecule has 3 aromatic carbocycles. The Kier molecular flexibility index (Phi) is 14.2. The molecule has 4 N–H and O–H groups in total. The summed E-state index contributed by atoms with van der Waals surface area (Å²) in [6.45, 7) is 9.05. The topological polar surface area (TPSA) is 178 Å². The smallest absolute Gasteiger partial charge is 0.411 e. The molecule has 2 atom stereocenters. The number of nitrogens with one attached hydrogen (secondary N) is 4. The maximum atomic E-state index is 13.6. The SMILES string of the molecule is Cc1cc(=O)oc2cc(NC(=O)OCc3ccc(NC(=O)C(CCCN4CCOCC4)NC(=O)[C@@H](NC(=O)OCc4ccccc4)C(C)C)cc3)ccc12. The number of morpholine rings is 1. The highest BCUT2D eigenvalue weighted by Gasteiger charge is 2.29. The van der Waals surface area contributed by atoms with Gasteiger partial charge in [-0.3, -0.25) is 19.8 Å². The summed E-state index contributed by atoms with van der Waals surface area (Å²) in [7, 11) is 0. The van der Waals surface area contributed by atoms with Crippen LogP contribution in [0.1, 0.15) is 43.4 Å². The fraction of sp³-hybridized carbons (Fsp3) is 0.375. The lowest BCUT2D eigenvalue weighted by atomic mass is 10.0. The van der Waals surface area contributed by atoms with E-state index in [4.69, 9.17) is 18.6 Å². The number of alkyl carbamates (subject to hydrolysis) is 1. The summed E-state index contributed by atoms with van der Waals surface area (Å²) in [5.74, 6) is -1.20. The molecule has 0 aliphatic carbocycles. The minimum atomic E-state index is -0.939. The first kappa shape index (κ1) is 39.5. The van der Waals surface area contributed by atoms with Gasteiger partial charge in [0.2, 0.25) is 11.8 Å². The second kappa shape index (κ2) is 19.4. The molecular formula is C40H47N5O9. The molecular weight excluding hydrogens is 694 g/mol. The molecule has 0 spiro atoms. The van der Waals surface area contributed by atoms with Gasteiger partial charge in [0.25, 0.3) is 0 Å². The van der Waals surface area contributed by atoms with Crippen molar-refractivity contribution in [1.82, 2.24) is 15.5 Å². The van der Waals surface area contributed by atoms with Gasteiger partial charge in [-0.2, -0.15) is 0 Å². The Hall–Kier alpha value is -5.73. The van der Waals surface area contributed by atoms with E-state index < -0.39 is 41.7 Å². The van der Waals surface area contributed by atoms with Gasteiger partial charge in [-0.05, 0) is 73.2 Å². The van der Waals surface area contributed by atoms with E-state index in [1.54, 1.807) is 63.2 Å². The Balaban J connectivity index is 1.16. The molecule has 1 aliphatic rings. The van der Waals surface area contributed by atoms with E-state index in [9.17, 15) is 24.0 Å². The Morgan fingerprint density at radius 2 is 1.44 bits per heavy atom. The van der Waals surface area contributed by atoms with Gasteiger partial charge in [-0.15, -0.1) is 0 Å². The molecule has 1 saturated heterocycles. The molecule has 1 unspecified atom stereocenters. The van der Waals surface area contributed by atoms with Crippen LogP contribution in [0.2, 0.25) is 0 Å². The van der Waals surface area contributed by atoms with Crippen LogP contribution in [0.4, 0.5) is 21.0 Å². The molecule has 14 heteroatoms. The Morgan fingerprint density at radius 3 is 2.15 bits per heavy atom. The summed E-state index contributed by atoms with van der Waals surface area (Å²) >= 11 is 0. The van der Waals surface area contributed by atoms with Gasteiger partial charge in [0, 0.05) is 42.0 Å². The molecule has 1 aliphatic heterocycles. The van der Waals surface area contributed by atoms with Crippen LogP contribution in [0.5, 0.6) is 0 Å². The van der Waals surface area contributed by atoms with Gasteiger partial charge < -0.3 is 34.6 Å². The number of rotatable bonds is 15. The highest BCUT2D eigenvalue weighted by molar-refractivity contribution is 5.98. The maximum Gasteiger partial charge on any atom is 0.411 e. The van der Waals surface area contributed by atoms with E-state index in [1.807, 2.05) is 30.3 Å². The third-order valence-corrected chi connectivity index (χ3v) is 8.93. The average Bonchev–Trinajstić information content (AvgIpc) is 3.16. The fourth-order valence-electron chi connectivity index (χ4n) is 5.92. The van der Waals surface area contributed by atoms with E-state index in [0.717, 1.165) is 36.1 Å². The van der Waals surface area contributed by atoms with E-state index >= 15 is 0 Å². The van der Waals surface area contributed by atoms with Crippen molar-refractivity contribution in [3.8, 4) is 0 Å². The molecule has 1 aromatic heterocycles. The van der Waals surface area contributed by atoms with Crippen molar-refractivity contribution < 1.29 is 37.8 Å². The zero-order valence-electron chi connectivity index (χ0n) is 30.7. The van der Waals surface area contributed by atoms with E-state index in [0.29, 0.717) is 48.6 Å². The zero-order valence-corrected chi connectivity index (χ0v) is 30.7. The number of anilines is 2. The first-order valence-electron chi connectivity index (χ1n) is 18.0. The van der Waals surface area contributed by atoms with Crippen molar-refractivity contribution in [3.05, 3.63) is 106 Å². The summed E-state index contributed by atoms with van der Waals surface area (Å²) in [5.41, 5.74) is 3.01. The predicted molar refractivity (Wildman–Crippen MR) is 203 cm³/mol. The van der Waals surface area contributed by atoms with Gasteiger partial charge in [-0.1, -0.05) is 56.3 Å². The third kappa shape index (κ3) is 11.9. The molecule has 4 amide bonds. The lowest BCUT2D eigenvalue weighted by Gasteiger charge is -2.28. The van der Waals surface area contributed by atoms with Gasteiger partial charge >= 0.3 is 17.8 Å². The molecule has 54 heavy (non-hydrogen) atoms. The second-order valence-electron chi connectivity index (χ2n) is 13.4. The van der Waals surface area contributed by atoms with E-state index in [2.05, 4.69) is 26.2 Å². The fourth-order valence-corrected chi connectivity index (χ4v) is 5.92. The summed E-state index contributed by atoms with van der Waals surface area (Å²) < 4.78 is 21.4. The van der Waals surface area contributed by atoms with Crippen molar-refractivity contribution in [1.29, 1.82) is 0 Å². The van der Waals surface area contributed by atoms with Crippen LogP contribution in [0, 0.1) is 12.8 Å². The van der Waals surface area contributed by atoms with Crippen molar-refractivity contribution >= 4 is 46.3 Å². The van der Waals surface area contributed by atoms with Gasteiger partial charge in [0.05, 0.1) is 13.2 Å². The molecule has 0 bridgehead atoms. The number of aryl methyl sites for hydroxylation is 1. The summed E-state index contributed by atoms with van der Waals surface area (Å²) in [5, 5.41) is 11.8. The number of fused-ring (bicyclic) bond motifs is 1. The largest absolute Gasteiger partial charge is 0.445 e. The van der Waals surface area contributed by atoms with Gasteiger partial charge in [0.1, 0.15) is 30.9 Å². The number of carbonyl (C=O) groups excluding carboxylic acids is 4. The van der Waals surface area contributed by atoms with Crippen LogP contribution in [0.15, 0.2) is 88.1 Å². The number of amides is 4. The number of hydrogen-bond acceptors (Lipinski definition) is 10. The van der Waals surface area contributed by atoms with Crippen LogP contribution in [-0.2, 0) is 37.0 Å². The Morgan fingerprint density at radius 1 is 0.778 bits per heavy atom. The molecule has 1 fully saturated rings. The predicted octanol–water partition coefficient (Wildman–Crippen LogP) is 5.34. The van der Waals surface area contributed by atoms with E-state index in [1.165, 1.54) is 6.07 Å². The average molecular weight is 742 g/mol. The Labute approximate surface area is 313 Å². The molecule has 0 radical (unpaired) electrons. The van der Waals surface area contributed by atoms with Gasteiger partial charge in [0.15, 0.2) is 0 Å². The van der Waals surface area contributed by atoms with Crippen LogP contribution >= 0.6 is 0 Å². The number of benzene rings is 3. The normalized spacial score (nSPS) is 14.1. The van der Waals surface area contributed by atoms with Crippen LogP contribution in [-0.4, -0.2) is 73.8 Å². The highest BCUT2D eigenvalue weighted by Crippen LogP contribution is 2.21. The van der Waals surface area contributed by atoms with Crippen LogP contribution in [0.25, 0.3) is 11.0 Å². The monoisotopic (exact) mass is 741 g/mol. The maximum absolute atomic E-state index is 13.6. The third-order valence-electron chi connectivity index (χ3n) is 8.93. The number of nitrogens with zero attached hydrogens (tertiary/aromatic N) is 1. The van der Waals surface area contributed by atoms with E-state index in [-0.39, 0.29) is 19.1 Å². The quantitative estimate of drug-likeness (QED) is 0.116. The van der Waals surface area contributed by atoms with Gasteiger partial charge in [-0.25, -0.2) is 14.4 Å². The zero-order chi connectivity index (χ0) is 38.5. The van der Waals surface area contributed by atoms with Crippen LogP contribution < -0.4 is 26.9 Å². The molecule has 0 saturated carbocycles. The van der Waals surface area contributed by atoms with Crippen molar-refractivity contribution in [2.75, 3.05) is 43.5 Å². The lowest BCUT2D eigenvalue weighted by molar-refractivity contribution is -0.128. The summed E-state index contributed by atoms with van der Waals surface area (Å²) in [6, 6.07) is 20.6. The van der Waals surface area contributed by atoms with Crippen molar-refractivity contribution in [2.24, 2.45) is 5.92 Å². The summed E-state index contributed by atoms with van der Waals surface area (Å²) in [6.07, 6.45) is -0.428. The molecule has 4 aromatic rings. The standard InChI is InChI=1S/C40H47N5O9/c1-26(2)36(44-40(50)53-24-28-8-5-4-6-9-28)38(48)43-33(10-7-17-45-18-20-51-21-19-45)37(47)41-30-13-11-29(12-14-30)25-52-39(49)42-31-15-16-32-27(3)22-35(46)54-34(32)23-31/h4-6,8-9,11-16,22-23,26,33,36H,7,10,17-21,24-25H2,1-3H3,(H,41,47)(H,42,49)(H,43,48)(H,44,50)/t33?,36-/m0/s1. The lowest BCUT2D eigenvalue weighted by Crippen LogP contribution is -2.54. The highest BCUT2D eigenvalue weighted by atomic mass is 16.6.